The lowest BCUT2D eigenvalue weighted by Gasteiger charge is -2.21. The molecule has 0 spiro atoms. The summed E-state index contributed by atoms with van der Waals surface area (Å²) in [6.07, 6.45) is 0. The molecule has 8 aromatic carbocycles. The first-order valence-corrected chi connectivity index (χ1v) is 14.7. The Hall–Kier alpha value is -5.66. The lowest BCUT2D eigenvalue weighted by molar-refractivity contribution is 0.669. The zero-order valence-corrected chi connectivity index (χ0v) is 23.3. The minimum atomic E-state index is 0.542. The average Bonchev–Trinajstić information content (AvgIpc) is 3.47. The SMILES string of the molecule is [2H]c1ccc(-c2c3ccccc3c(-c3c(-c4ccccc4)ccc4oc5ccccc5c34)c3ccccc23)c2ccccc12. The van der Waals surface area contributed by atoms with E-state index in [1.165, 1.54) is 49.4 Å². The van der Waals surface area contributed by atoms with Gasteiger partial charge in [-0.1, -0.05) is 146 Å². The number of benzene rings is 8. The van der Waals surface area contributed by atoms with E-state index < -0.39 is 0 Å². The first kappa shape index (κ1) is 23.0. The van der Waals surface area contributed by atoms with Gasteiger partial charge in [0.05, 0.1) is 1.37 Å². The van der Waals surface area contributed by atoms with Crippen LogP contribution >= 0.6 is 0 Å². The van der Waals surface area contributed by atoms with E-state index in [9.17, 15) is 0 Å². The van der Waals surface area contributed by atoms with Crippen molar-refractivity contribution < 1.29 is 5.79 Å². The Balaban J connectivity index is 1.52. The molecule has 1 heterocycles. The van der Waals surface area contributed by atoms with Crippen LogP contribution in [0.2, 0.25) is 0 Å². The largest absolute Gasteiger partial charge is 0.456 e. The van der Waals surface area contributed by atoms with Crippen molar-refractivity contribution in [1.29, 1.82) is 0 Å². The van der Waals surface area contributed by atoms with Crippen LogP contribution in [0.1, 0.15) is 1.37 Å². The van der Waals surface area contributed by atoms with Crippen molar-refractivity contribution in [2.24, 2.45) is 0 Å². The zero-order chi connectivity index (χ0) is 29.2. The fourth-order valence-electron chi connectivity index (χ4n) is 6.99. The molecular weight excluding hydrogens is 520 g/mol. The topological polar surface area (TPSA) is 13.1 Å². The van der Waals surface area contributed by atoms with Crippen LogP contribution in [0.4, 0.5) is 0 Å². The van der Waals surface area contributed by atoms with E-state index in [4.69, 9.17) is 5.79 Å². The number of furan rings is 1. The zero-order valence-electron chi connectivity index (χ0n) is 24.3. The first-order valence-electron chi connectivity index (χ1n) is 15.2. The first-order chi connectivity index (χ1) is 21.8. The van der Waals surface area contributed by atoms with Crippen LogP contribution in [0.25, 0.3) is 87.6 Å². The summed E-state index contributed by atoms with van der Waals surface area (Å²) in [4.78, 5) is 0. The van der Waals surface area contributed by atoms with Crippen LogP contribution in [-0.4, -0.2) is 0 Å². The van der Waals surface area contributed by atoms with Crippen LogP contribution in [0.3, 0.4) is 0 Å². The molecule has 0 atom stereocenters. The van der Waals surface area contributed by atoms with Crippen LogP contribution in [-0.2, 0) is 0 Å². The van der Waals surface area contributed by atoms with Gasteiger partial charge in [-0.3, -0.25) is 0 Å². The van der Waals surface area contributed by atoms with Gasteiger partial charge in [-0.05, 0) is 72.3 Å². The number of hydrogen-bond acceptors (Lipinski definition) is 1. The van der Waals surface area contributed by atoms with Gasteiger partial charge in [0.15, 0.2) is 0 Å². The lowest BCUT2D eigenvalue weighted by atomic mass is 9.81. The molecule has 0 aliphatic rings. The predicted octanol–water partition coefficient (Wildman–Crippen LogP) is 12.0. The molecule has 1 heteroatoms. The minimum Gasteiger partial charge on any atom is -0.456 e. The van der Waals surface area contributed by atoms with E-state index in [-0.39, 0.29) is 0 Å². The highest BCUT2D eigenvalue weighted by Crippen LogP contribution is 2.50. The van der Waals surface area contributed by atoms with E-state index >= 15 is 0 Å². The molecule has 0 saturated heterocycles. The highest BCUT2D eigenvalue weighted by Gasteiger charge is 2.23. The van der Waals surface area contributed by atoms with E-state index in [0.29, 0.717) is 6.04 Å². The Morgan fingerprint density at radius 1 is 0.372 bits per heavy atom. The Morgan fingerprint density at radius 3 is 1.67 bits per heavy atom. The third kappa shape index (κ3) is 3.58. The van der Waals surface area contributed by atoms with Gasteiger partial charge in [-0.25, -0.2) is 0 Å². The monoisotopic (exact) mass is 547 g/mol. The maximum Gasteiger partial charge on any atom is 0.136 e. The molecule has 200 valence electrons. The Kier molecular flexibility index (Phi) is 5.04. The van der Waals surface area contributed by atoms with Crippen LogP contribution < -0.4 is 0 Å². The van der Waals surface area contributed by atoms with Crippen molar-refractivity contribution in [3.05, 3.63) is 158 Å². The Labute approximate surface area is 250 Å². The third-order valence-corrected chi connectivity index (χ3v) is 8.79. The molecule has 1 aromatic heterocycles. The molecular formula is C42H26O. The minimum absolute atomic E-state index is 0.542. The predicted molar refractivity (Wildman–Crippen MR) is 183 cm³/mol. The van der Waals surface area contributed by atoms with Crippen LogP contribution in [0.5, 0.6) is 0 Å². The molecule has 0 N–H and O–H groups in total. The summed E-state index contributed by atoms with van der Waals surface area (Å²) >= 11 is 0. The highest BCUT2D eigenvalue weighted by atomic mass is 16.3. The molecule has 0 fully saturated rings. The Morgan fingerprint density at radius 2 is 0.953 bits per heavy atom. The fourth-order valence-corrected chi connectivity index (χ4v) is 6.99. The van der Waals surface area contributed by atoms with Crippen LogP contribution in [0, 0.1) is 0 Å². The van der Waals surface area contributed by atoms with Gasteiger partial charge in [-0.15, -0.1) is 0 Å². The molecule has 9 aromatic rings. The standard InChI is InChI=1S/C42H26O/c1-2-13-28(14-3-1)30-25-26-38-41(36-22-10-11-24-37(36)43-38)42(30)40-34-20-8-6-18-32(34)39(33-19-7-9-21-35(33)40)31-23-12-16-27-15-4-5-17-29(27)31/h1-26H/i16D. The van der Waals surface area contributed by atoms with Gasteiger partial charge < -0.3 is 4.42 Å². The van der Waals surface area contributed by atoms with Crippen LogP contribution in [0.15, 0.2) is 162 Å². The van der Waals surface area contributed by atoms with Crippen molar-refractivity contribution in [3.8, 4) is 33.4 Å². The van der Waals surface area contributed by atoms with Gasteiger partial charge in [0, 0.05) is 16.3 Å². The fraction of sp³-hybridized carbons (Fsp3) is 0. The van der Waals surface area contributed by atoms with E-state index in [0.717, 1.165) is 38.3 Å². The lowest BCUT2D eigenvalue weighted by Crippen LogP contribution is -1.94. The maximum absolute atomic E-state index is 8.62. The summed E-state index contributed by atoms with van der Waals surface area (Å²) in [6, 6.07) is 53.8. The van der Waals surface area contributed by atoms with Crippen molar-refractivity contribution in [3.63, 3.8) is 0 Å². The van der Waals surface area contributed by atoms with Gasteiger partial charge in [0.25, 0.3) is 0 Å². The molecule has 0 aliphatic carbocycles. The van der Waals surface area contributed by atoms with Gasteiger partial charge in [0.2, 0.25) is 0 Å². The quantitative estimate of drug-likeness (QED) is 0.201. The van der Waals surface area contributed by atoms with Crippen molar-refractivity contribution in [1.82, 2.24) is 0 Å². The van der Waals surface area contributed by atoms with Crippen molar-refractivity contribution in [2.45, 2.75) is 0 Å². The smallest absolute Gasteiger partial charge is 0.136 e. The van der Waals surface area contributed by atoms with E-state index in [2.05, 4.69) is 133 Å². The summed E-state index contributed by atoms with van der Waals surface area (Å²) in [5.41, 5.74) is 8.85. The third-order valence-electron chi connectivity index (χ3n) is 8.79. The second-order valence-corrected chi connectivity index (χ2v) is 11.1. The molecule has 43 heavy (non-hydrogen) atoms. The average molecular weight is 548 g/mol. The summed E-state index contributed by atoms with van der Waals surface area (Å²) in [5.74, 6) is 0. The maximum atomic E-state index is 8.62. The molecule has 9 rings (SSSR count). The molecule has 0 aliphatic heterocycles. The Bertz CT molecular complexity index is 2500. The summed E-state index contributed by atoms with van der Waals surface area (Å²) in [7, 11) is 0. The van der Waals surface area contributed by atoms with E-state index in [1.807, 2.05) is 18.2 Å². The normalized spacial score (nSPS) is 12.0. The molecule has 0 amide bonds. The highest BCUT2D eigenvalue weighted by molar-refractivity contribution is 6.28. The number of rotatable bonds is 3. The summed E-state index contributed by atoms with van der Waals surface area (Å²) < 4.78 is 15.1. The second kappa shape index (κ2) is 9.44. The molecule has 0 radical (unpaired) electrons. The second-order valence-electron chi connectivity index (χ2n) is 11.1. The molecule has 1 nitrogen and oxygen atoms in total. The summed E-state index contributed by atoms with van der Waals surface area (Å²) in [6.45, 7) is 0. The number of hydrogen-bond donors (Lipinski definition) is 0. The van der Waals surface area contributed by atoms with Gasteiger partial charge in [-0.2, -0.15) is 0 Å². The summed E-state index contributed by atoms with van der Waals surface area (Å²) in [5, 5.41) is 9.06. The molecule has 0 saturated carbocycles. The molecule has 0 bridgehead atoms. The van der Waals surface area contributed by atoms with Crippen molar-refractivity contribution in [2.75, 3.05) is 0 Å². The van der Waals surface area contributed by atoms with E-state index in [1.54, 1.807) is 0 Å². The van der Waals surface area contributed by atoms with Crippen molar-refractivity contribution >= 4 is 54.3 Å². The molecule has 0 unspecified atom stereocenters. The number of para-hydroxylation sites is 1. The van der Waals surface area contributed by atoms with Gasteiger partial charge >= 0.3 is 0 Å². The number of fused-ring (bicyclic) bond motifs is 6. The van der Waals surface area contributed by atoms with Gasteiger partial charge in [0.1, 0.15) is 11.2 Å².